The number of ether oxygens (including phenoxy) is 2. The lowest BCUT2D eigenvalue weighted by molar-refractivity contribution is 0.191. The third kappa shape index (κ3) is 8.32. The van der Waals surface area contributed by atoms with Gasteiger partial charge in [-0.1, -0.05) is 29.3 Å². The van der Waals surface area contributed by atoms with Crippen molar-refractivity contribution in [1.82, 2.24) is 10.6 Å². The van der Waals surface area contributed by atoms with Gasteiger partial charge >= 0.3 is 0 Å². The van der Waals surface area contributed by atoms with Crippen molar-refractivity contribution in [2.75, 3.05) is 26.2 Å². The smallest absolute Gasteiger partial charge is 0.175 e. The molecule has 0 spiro atoms. The third-order valence-corrected chi connectivity index (χ3v) is 5.18. The van der Waals surface area contributed by atoms with E-state index in [4.69, 9.17) is 32.7 Å². The molecule has 0 aliphatic rings. The fourth-order valence-corrected chi connectivity index (χ4v) is 3.70. The summed E-state index contributed by atoms with van der Waals surface area (Å²) in [5.41, 5.74) is 1.92. The summed E-state index contributed by atoms with van der Waals surface area (Å²) in [4.78, 5) is 0. The Labute approximate surface area is 190 Å². The van der Waals surface area contributed by atoms with Gasteiger partial charge in [-0.2, -0.15) is 0 Å². The molecule has 1 atom stereocenters. The predicted octanol–water partition coefficient (Wildman–Crippen LogP) is 4.79. The minimum atomic E-state index is -0.338. The minimum Gasteiger partial charge on any atom is -0.490 e. The summed E-state index contributed by atoms with van der Waals surface area (Å²) in [6, 6.07) is 9.32. The maximum Gasteiger partial charge on any atom is 0.175 e. The number of hydrogen-bond donors (Lipinski definition) is 3. The van der Waals surface area contributed by atoms with Crippen LogP contribution < -0.4 is 20.1 Å². The normalized spacial score (nSPS) is 12.1. The van der Waals surface area contributed by atoms with Gasteiger partial charge in [-0.15, -0.1) is 0 Å². The Balaban J connectivity index is 1.99. The van der Waals surface area contributed by atoms with E-state index in [1.165, 1.54) is 0 Å². The Hall–Kier alpha value is -1.02. The van der Waals surface area contributed by atoms with Gasteiger partial charge in [0.15, 0.2) is 11.5 Å². The fourth-order valence-electron chi connectivity index (χ4n) is 2.64. The fraction of sp³-hybridized carbons (Fsp3) is 0.429. The second-order valence-electron chi connectivity index (χ2n) is 6.59. The van der Waals surface area contributed by atoms with Gasteiger partial charge in [0.25, 0.3) is 0 Å². The highest BCUT2D eigenvalue weighted by atomic mass is 79.9. The predicted molar refractivity (Wildman–Crippen MR) is 122 cm³/mol. The van der Waals surface area contributed by atoms with Crippen molar-refractivity contribution < 1.29 is 14.6 Å². The van der Waals surface area contributed by atoms with E-state index < -0.39 is 0 Å². The van der Waals surface area contributed by atoms with Crippen LogP contribution in [0.1, 0.15) is 25.0 Å². The van der Waals surface area contributed by atoms with Crippen LogP contribution in [-0.4, -0.2) is 37.5 Å². The van der Waals surface area contributed by atoms with Crippen molar-refractivity contribution in [3.05, 3.63) is 56.0 Å². The maximum absolute atomic E-state index is 9.24. The van der Waals surface area contributed by atoms with Crippen molar-refractivity contribution in [2.24, 2.45) is 0 Å². The second kappa shape index (κ2) is 12.6. The topological polar surface area (TPSA) is 62.8 Å². The van der Waals surface area contributed by atoms with Crippen molar-refractivity contribution in [3.63, 3.8) is 0 Å². The molecule has 0 saturated heterocycles. The second-order valence-corrected chi connectivity index (χ2v) is 8.29. The number of benzene rings is 2. The van der Waals surface area contributed by atoms with E-state index in [-0.39, 0.29) is 6.10 Å². The van der Waals surface area contributed by atoms with Crippen LogP contribution in [0.5, 0.6) is 11.5 Å². The summed E-state index contributed by atoms with van der Waals surface area (Å²) in [6.07, 6.45) is -0.338. The minimum absolute atomic E-state index is 0.307. The molecule has 29 heavy (non-hydrogen) atoms. The highest BCUT2D eigenvalue weighted by Crippen LogP contribution is 2.38. The van der Waals surface area contributed by atoms with E-state index in [9.17, 15) is 5.11 Å². The summed E-state index contributed by atoms with van der Waals surface area (Å²) in [7, 11) is 0. The molecule has 3 N–H and O–H groups in total. The number of aliphatic hydroxyl groups is 1. The lowest BCUT2D eigenvalue weighted by Crippen LogP contribution is -2.31. The van der Waals surface area contributed by atoms with Gasteiger partial charge in [-0.05, 0) is 59.6 Å². The zero-order valence-electron chi connectivity index (χ0n) is 16.6. The van der Waals surface area contributed by atoms with E-state index in [1.807, 2.05) is 25.1 Å². The van der Waals surface area contributed by atoms with Gasteiger partial charge in [0.2, 0.25) is 0 Å². The SMILES string of the molecule is CCOc1cc(CNCCNC[C@H](C)O)cc(Br)c1OCc1ccc(Cl)cc1Cl. The molecule has 5 nitrogen and oxygen atoms in total. The van der Waals surface area contributed by atoms with Gasteiger partial charge in [-0.3, -0.25) is 0 Å². The van der Waals surface area contributed by atoms with Crippen molar-refractivity contribution >= 4 is 39.1 Å². The molecule has 0 amide bonds. The molecule has 0 saturated carbocycles. The summed E-state index contributed by atoms with van der Waals surface area (Å²) in [6.45, 7) is 7.40. The zero-order chi connectivity index (χ0) is 21.2. The molecule has 0 fully saturated rings. The van der Waals surface area contributed by atoms with Crippen LogP contribution in [0, 0.1) is 0 Å². The van der Waals surface area contributed by atoms with Gasteiger partial charge in [0.05, 0.1) is 17.2 Å². The molecule has 2 aromatic rings. The van der Waals surface area contributed by atoms with Gasteiger partial charge in [0, 0.05) is 41.8 Å². The van der Waals surface area contributed by atoms with Gasteiger partial charge in [0.1, 0.15) is 6.61 Å². The summed E-state index contributed by atoms with van der Waals surface area (Å²) < 4.78 is 12.6. The monoisotopic (exact) mass is 504 g/mol. The quantitative estimate of drug-likeness (QED) is 0.362. The van der Waals surface area contributed by atoms with Crippen LogP contribution in [0.4, 0.5) is 0 Å². The number of nitrogens with one attached hydrogen (secondary N) is 2. The maximum atomic E-state index is 9.24. The molecular weight excluding hydrogens is 479 g/mol. The first kappa shape index (κ1) is 24.3. The summed E-state index contributed by atoms with van der Waals surface area (Å²) in [5.74, 6) is 1.32. The van der Waals surface area contributed by atoms with E-state index in [2.05, 4.69) is 26.6 Å². The molecule has 0 heterocycles. The lowest BCUT2D eigenvalue weighted by Gasteiger charge is -2.16. The van der Waals surface area contributed by atoms with Crippen molar-refractivity contribution in [1.29, 1.82) is 0 Å². The molecule has 8 heteroatoms. The van der Waals surface area contributed by atoms with E-state index in [1.54, 1.807) is 19.1 Å². The standard InChI is InChI=1S/C21H27BrCl2N2O3/c1-3-28-20-9-15(12-26-7-6-25-11-14(2)27)8-18(22)21(20)29-13-16-4-5-17(23)10-19(16)24/h4-5,8-10,14,25-27H,3,6-7,11-13H2,1-2H3/t14-/m0/s1. The summed E-state index contributed by atoms with van der Waals surface area (Å²) in [5, 5.41) is 16.9. The number of hydrogen-bond acceptors (Lipinski definition) is 5. The first-order chi connectivity index (χ1) is 13.9. The first-order valence-corrected chi connectivity index (χ1v) is 11.1. The molecular formula is C21H27BrCl2N2O3. The first-order valence-electron chi connectivity index (χ1n) is 9.52. The number of halogens is 3. The van der Waals surface area contributed by atoms with Crippen LogP contribution >= 0.6 is 39.1 Å². The molecule has 0 aromatic heterocycles. The van der Waals surface area contributed by atoms with E-state index in [0.29, 0.717) is 47.8 Å². The number of aliphatic hydroxyl groups excluding tert-OH is 1. The highest BCUT2D eigenvalue weighted by molar-refractivity contribution is 9.10. The van der Waals surface area contributed by atoms with Crippen LogP contribution in [0.3, 0.4) is 0 Å². The average Bonchev–Trinajstić information content (AvgIpc) is 2.65. The Kier molecular flexibility index (Phi) is 10.6. The van der Waals surface area contributed by atoms with E-state index >= 15 is 0 Å². The Morgan fingerprint density at radius 1 is 1.10 bits per heavy atom. The molecule has 0 aliphatic heterocycles. The van der Waals surface area contributed by atoms with Gasteiger partial charge in [-0.25, -0.2) is 0 Å². The zero-order valence-corrected chi connectivity index (χ0v) is 19.7. The molecule has 0 radical (unpaired) electrons. The molecule has 0 bridgehead atoms. The largest absolute Gasteiger partial charge is 0.490 e. The van der Waals surface area contributed by atoms with Crippen molar-refractivity contribution in [2.45, 2.75) is 33.1 Å². The highest BCUT2D eigenvalue weighted by Gasteiger charge is 2.13. The Morgan fingerprint density at radius 2 is 1.86 bits per heavy atom. The Bertz CT molecular complexity index is 791. The average molecular weight is 506 g/mol. The summed E-state index contributed by atoms with van der Waals surface area (Å²) >= 11 is 15.8. The van der Waals surface area contributed by atoms with Crippen molar-refractivity contribution in [3.8, 4) is 11.5 Å². The molecule has 2 aromatic carbocycles. The molecule has 2 rings (SSSR count). The van der Waals surface area contributed by atoms with Gasteiger partial charge < -0.3 is 25.2 Å². The van der Waals surface area contributed by atoms with Crippen LogP contribution in [0.2, 0.25) is 10.0 Å². The third-order valence-electron chi connectivity index (χ3n) is 4.00. The van der Waals surface area contributed by atoms with Crippen LogP contribution in [0.25, 0.3) is 0 Å². The molecule has 160 valence electrons. The van der Waals surface area contributed by atoms with Crippen LogP contribution in [0.15, 0.2) is 34.8 Å². The van der Waals surface area contributed by atoms with E-state index in [0.717, 1.165) is 28.7 Å². The van der Waals surface area contributed by atoms with Crippen LogP contribution in [-0.2, 0) is 13.2 Å². The molecule has 0 unspecified atom stereocenters. The Morgan fingerprint density at radius 3 is 2.55 bits per heavy atom. The number of rotatable bonds is 12. The molecule has 0 aliphatic carbocycles. The lowest BCUT2D eigenvalue weighted by atomic mass is 10.2.